The Morgan fingerprint density at radius 3 is 1.91 bits per heavy atom. The highest BCUT2D eigenvalue weighted by molar-refractivity contribution is 5.95. The molecular weight excluding hydrogens is 460 g/mol. The maximum Gasteiger partial charge on any atom is 0.326 e. The molecule has 0 saturated heterocycles. The second-order valence-corrected chi connectivity index (χ2v) is 8.72. The predicted octanol–water partition coefficient (Wildman–Crippen LogP) is -2.52. The first-order valence-corrected chi connectivity index (χ1v) is 11.4. The van der Waals surface area contributed by atoms with Crippen LogP contribution in [0.3, 0.4) is 0 Å². The number of primary amides is 1. The number of nitrogens with two attached hydrogens (primary N) is 4. The second kappa shape index (κ2) is 15.5. The lowest BCUT2D eigenvalue weighted by Gasteiger charge is -2.27. The van der Waals surface area contributed by atoms with Crippen molar-refractivity contribution in [1.82, 2.24) is 16.0 Å². The standard InChI is InChI=1S/C21H40N8O6/c1-5-11(4)15(23)18(32)27-12(7-6-8-26-21(24)25)17(31)29-16(10(2)3)19(33)28-13(20(34)35)9-14(22)30/h10-13,15-16H,5-9,23H2,1-4H3,(H2,22,30)(H,27,32)(H,28,33)(H,29,31)(H,34,35)(H4,24,25,26). The molecule has 14 nitrogen and oxygen atoms in total. The highest BCUT2D eigenvalue weighted by Gasteiger charge is 2.32. The smallest absolute Gasteiger partial charge is 0.326 e. The van der Waals surface area contributed by atoms with Crippen LogP contribution in [0.1, 0.15) is 53.4 Å². The molecule has 0 bridgehead atoms. The SMILES string of the molecule is CCC(C)C(N)C(=O)NC(CCCN=C(N)N)C(=O)NC(C(=O)NC(CC(N)=O)C(=O)O)C(C)C. The normalized spacial score (nSPS) is 15.1. The number of carbonyl (C=O) groups is 5. The van der Waals surface area contributed by atoms with Crippen LogP contribution in [0.25, 0.3) is 0 Å². The van der Waals surface area contributed by atoms with E-state index in [0.717, 1.165) is 0 Å². The van der Waals surface area contributed by atoms with Gasteiger partial charge in [-0.1, -0.05) is 34.1 Å². The third-order valence-corrected chi connectivity index (χ3v) is 5.40. The Bertz CT molecular complexity index is 784. The van der Waals surface area contributed by atoms with E-state index in [2.05, 4.69) is 20.9 Å². The quantitative estimate of drug-likeness (QED) is 0.0631. The van der Waals surface area contributed by atoms with Gasteiger partial charge in [-0.2, -0.15) is 0 Å². The van der Waals surface area contributed by atoms with E-state index < -0.39 is 66.1 Å². The Morgan fingerprint density at radius 1 is 0.886 bits per heavy atom. The summed E-state index contributed by atoms with van der Waals surface area (Å²) >= 11 is 0. The summed E-state index contributed by atoms with van der Waals surface area (Å²) in [4.78, 5) is 64.7. The van der Waals surface area contributed by atoms with E-state index >= 15 is 0 Å². The van der Waals surface area contributed by atoms with E-state index in [1.165, 1.54) is 0 Å². The molecule has 0 saturated carbocycles. The summed E-state index contributed by atoms with van der Waals surface area (Å²) in [7, 11) is 0. The maximum absolute atomic E-state index is 13.1. The molecule has 0 rings (SSSR count). The molecule has 12 N–H and O–H groups in total. The largest absolute Gasteiger partial charge is 0.480 e. The van der Waals surface area contributed by atoms with Crippen molar-refractivity contribution in [1.29, 1.82) is 0 Å². The van der Waals surface area contributed by atoms with Gasteiger partial charge in [0.2, 0.25) is 23.6 Å². The molecule has 0 aliphatic heterocycles. The highest BCUT2D eigenvalue weighted by atomic mass is 16.4. The Balaban J connectivity index is 5.59. The van der Waals surface area contributed by atoms with Crippen LogP contribution in [0.4, 0.5) is 0 Å². The number of guanidine groups is 1. The number of aliphatic imine (C=N–C) groups is 1. The van der Waals surface area contributed by atoms with Gasteiger partial charge >= 0.3 is 5.97 Å². The molecule has 35 heavy (non-hydrogen) atoms. The summed E-state index contributed by atoms with van der Waals surface area (Å²) in [6.45, 7) is 7.17. The number of aliphatic carboxylic acids is 1. The topological polar surface area (TPSA) is 258 Å². The molecule has 5 atom stereocenters. The molecule has 0 aliphatic rings. The molecule has 14 heteroatoms. The summed E-state index contributed by atoms with van der Waals surface area (Å²) in [5.74, 6) is -5.08. The molecule has 0 spiro atoms. The Hall–Kier alpha value is -3.42. The fourth-order valence-electron chi connectivity index (χ4n) is 3.00. The molecule has 200 valence electrons. The fourth-order valence-corrected chi connectivity index (χ4v) is 3.00. The number of amides is 4. The third-order valence-electron chi connectivity index (χ3n) is 5.40. The van der Waals surface area contributed by atoms with E-state index in [9.17, 15) is 29.1 Å². The molecule has 0 aromatic carbocycles. The molecule has 0 aliphatic carbocycles. The third kappa shape index (κ3) is 12.0. The molecule has 0 heterocycles. The van der Waals surface area contributed by atoms with Gasteiger partial charge in [0.25, 0.3) is 0 Å². The highest BCUT2D eigenvalue weighted by Crippen LogP contribution is 2.09. The number of carboxylic acid groups (broad SMARTS) is 1. The molecule has 5 unspecified atom stereocenters. The van der Waals surface area contributed by atoms with Crippen LogP contribution in [-0.2, 0) is 24.0 Å². The van der Waals surface area contributed by atoms with Crippen LogP contribution in [0.2, 0.25) is 0 Å². The minimum Gasteiger partial charge on any atom is -0.480 e. The van der Waals surface area contributed by atoms with E-state index in [4.69, 9.17) is 22.9 Å². The summed E-state index contributed by atoms with van der Waals surface area (Å²) in [5.41, 5.74) is 21.6. The summed E-state index contributed by atoms with van der Waals surface area (Å²) in [6.07, 6.45) is 0.527. The first-order chi connectivity index (χ1) is 16.2. The van der Waals surface area contributed by atoms with Crippen LogP contribution in [0, 0.1) is 11.8 Å². The van der Waals surface area contributed by atoms with Crippen LogP contribution < -0.4 is 38.9 Å². The summed E-state index contributed by atoms with van der Waals surface area (Å²) in [6, 6.07) is -4.61. The van der Waals surface area contributed by atoms with Crippen LogP contribution >= 0.6 is 0 Å². The van der Waals surface area contributed by atoms with Crippen molar-refractivity contribution in [2.75, 3.05) is 6.54 Å². The summed E-state index contributed by atoms with van der Waals surface area (Å²) in [5, 5.41) is 16.6. The van der Waals surface area contributed by atoms with Gasteiger partial charge in [-0.15, -0.1) is 0 Å². The number of carbonyl (C=O) groups excluding carboxylic acids is 4. The van der Waals surface area contributed by atoms with Crippen LogP contribution in [0.5, 0.6) is 0 Å². The lowest BCUT2D eigenvalue weighted by Crippen LogP contribution is -2.59. The summed E-state index contributed by atoms with van der Waals surface area (Å²) < 4.78 is 0. The van der Waals surface area contributed by atoms with Gasteiger partial charge in [0, 0.05) is 6.54 Å². The average Bonchev–Trinajstić information content (AvgIpc) is 2.76. The number of hydrogen-bond acceptors (Lipinski definition) is 7. The van der Waals surface area contributed by atoms with Crippen molar-refractivity contribution in [3.63, 3.8) is 0 Å². The Kier molecular flexibility index (Phi) is 14.0. The minimum absolute atomic E-state index is 0.116. The van der Waals surface area contributed by atoms with Crippen LogP contribution in [-0.4, -0.2) is 71.4 Å². The van der Waals surface area contributed by atoms with Gasteiger partial charge in [0.1, 0.15) is 18.1 Å². The van der Waals surface area contributed by atoms with E-state index in [1.807, 2.05) is 13.8 Å². The van der Waals surface area contributed by atoms with Gasteiger partial charge in [0.15, 0.2) is 5.96 Å². The minimum atomic E-state index is -1.55. The van der Waals surface area contributed by atoms with Crippen LogP contribution in [0.15, 0.2) is 4.99 Å². The van der Waals surface area contributed by atoms with Crippen molar-refractivity contribution >= 4 is 35.6 Å². The van der Waals surface area contributed by atoms with Gasteiger partial charge in [-0.25, -0.2) is 4.79 Å². The van der Waals surface area contributed by atoms with Gasteiger partial charge < -0.3 is 44.0 Å². The monoisotopic (exact) mass is 500 g/mol. The van der Waals surface area contributed by atoms with Crippen molar-refractivity contribution in [2.45, 2.75) is 77.5 Å². The number of rotatable bonds is 16. The number of nitrogens with zero attached hydrogens (tertiary/aromatic N) is 1. The molecule has 4 amide bonds. The molecule has 0 fully saturated rings. The molecular formula is C21H40N8O6. The zero-order chi connectivity index (χ0) is 27.3. The zero-order valence-electron chi connectivity index (χ0n) is 20.7. The number of hydrogen-bond donors (Lipinski definition) is 8. The maximum atomic E-state index is 13.1. The average molecular weight is 501 g/mol. The second-order valence-electron chi connectivity index (χ2n) is 8.72. The number of nitrogens with one attached hydrogen (secondary N) is 3. The van der Waals surface area contributed by atoms with Crippen molar-refractivity contribution < 1.29 is 29.1 Å². The molecule has 0 radical (unpaired) electrons. The van der Waals surface area contributed by atoms with E-state index in [0.29, 0.717) is 12.8 Å². The van der Waals surface area contributed by atoms with Gasteiger partial charge in [-0.05, 0) is 24.7 Å². The first kappa shape index (κ1) is 31.6. The van der Waals surface area contributed by atoms with E-state index in [1.54, 1.807) is 13.8 Å². The van der Waals surface area contributed by atoms with Crippen molar-refractivity contribution in [2.24, 2.45) is 39.8 Å². The van der Waals surface area contributed by atoms with Crippen molar-refractivity contribution in [3.8, 4) is 0 Å². The fraction of sp³-hybridized carbons (Fsp3) is 0.714. The zero-order valence-corrected chi connectivity index (χ0v) is 20.7. The van der Waals surface area contributed by atoms with Crippen molar-refractivity contribution in [3.05, 3.63) is 0 Å². The Labute approximate surface area is 205 Å². The first-order valence-electron chi connectivity index (χ1n) is 11.4. The Morgan fingerprint density at radius 2 is 1.46 bits per heavy atom. The number of carboxylic acids is 1. The lowest BCUT2D eigenvalue weighted by molar-refractivity contribution is -0.144. The lowest BCUT2D eigenvalue weighted by atomic mass is 9.98. The van der Waals surface area contributed by atoms with Gasteiger partial charge in [0.05, 0.1) is 12.5 Å². The van der Waals surface area contributed by atoms with E-state index in [-0.39, 0.29) is 24.8 Å². The van der Waals surface area contributed by atoms with Gasteiger partial charge in [-0.3, -0.25) is 24.2 Å². The predicted molar refractivity (Wildman–Crippen MR) is 129 cm³/mol. The molecule has 0 aromatic rings. The molecule has 0 aromatic heterocycles.